The van der Waals surface area contributed by atoms with Gasteiger partial charge in [-0.15, -0.1) is 6.42 Å². The maximum absolute atomic E-state index is 12.1. The molecule has 1 aliphatic rings. The molecule has 0 radical (unpaired) electrons. The molecule has 0 unspecified atom stereocenters. The van der Waals surface area contributed by atoms with Crippen molar-refractivity contribution in [2.75, 3.05) is 6.61 Å². The first-order valence-electron chi connectivity index (χ1n) is 6.32. The molecule has 0 aliphatic carbocycles. The second kappa shape index (κ2) is 6.53. The monoisotopic (exact) mass is 283 g/mol. The Kier molecular flexibility index (Phi) is 4.52. The molecule has 0 saturated heterocycles. The van der Waals surface area contributed by atoms with E-state index in [1.807, 2.05) is 18.2 Å². The van der Waals surface area contributed by atoms with E-state index in [1.54, 1.807) is 12.1 Å². The maximum Gasteiger partial charge on any atom is 0.330 e. The summed E-state index contributed by atoms with van der Waals surface area (Å²) in [5, 5.41) is 0. The van der Waals surface area contributed by atoms with Gasteiger partial charge in [-0.25, -0.2) is 4.79 Å². The summed E-state index contributed by atoms with van der Waals surface area (Å²) in [6.45, 7) is -0.201. The summed E-state index contributed by atoms with van der Waals surface area (Å²) in [6.07, 6.45) is 7.50. The van der Waals surface area contributed by atoms with Gasteiger partial charge in [-0.2, -0.15) is 0 Å². The van der Waals surface area contributed by atoms with Crippen molar-refractivity contribution in [1.29, 1.82) is 0 Å². The number of carbonyl (C=O) groups excluding carboxylic acids is 3. The average Bonchev–Trinajstić information content (AvgIpc) is 2.82. The zero-order valence-corrected chi connectivity index (χ0v) is 11.2. The van der Waals surface area contributed by atoms with E-state index in [4.69, 9.17) is 11.2 Å². The third-order valence-electron chi connectivity index (χ3n) is 3.00. The van der Waals surface area contributed by atoms with Crippen LogP contribution in [-0.2, 0) is 25.5 Å². The maximum atomic E-state index is 12.1. The normalized spacial score (nSPS) is 14.9. The average molecular weight is 283 g/mol. The fourth-order valence-corrected chi connectivity index (χ4v) is 2.05. The van der Waals surface area contributed by atoms with Crippen LogP contribution in [0.5, 0.6) is 0 Å². The molecule has 21 heavy (non-hydrogen) atoms. The van der Waals surface area contributed by atoms with Crippen LogP contribution in [0.4, 0.5) is 0 Å². The molecular weight excluding hydrogens is 270 g/mol. The number of imide groups is 1. The molecule has 0 bridgehead atoms. The second-order valence-corrected chi connectivity index (χ2v) is 4.40. The lowest BCUT2D eigenvalue weighted by atomic mass is 10.0. The number of esters is 1. The van der Waals surface area contributed by atoms with Crippen molar-refractivity contribution >= 4 is 17.8 Å². The van der Waals surface area contributed by atoms with Crippen molar-refractivity contribution in [2.45, 2.75) is 12.5 Å². The number of rotatable bonds is 5. The minimum absolute atomic E-state index is 0.184. The highest BCUT2D eigenvalue weighted by molar-refractivity contribution is 6.14. The summed E-state index contributed by atoms with van der Waals surface area (Å²) in [5.41, 5.74) is 0.813. The summed E-state index contributed by atoms with van der Waals surface area (Å²) in [6, 6.07) is 8.05. The van der Waals surface area contributed by atoms with Gasteiger partial charge < -0.3 is 4.74 Å². The summed E-state index contributed by atoms with van der Waals surface area (Å²) < 4.78 is 4.89. The van der Waals surface area contributed by atoms with Crippen LogP contribution in [0.2, 0.25) is 0 Å². The molecule has 5 heteroatoms. The van der Waals surface area contributed by atoms with Crippen LogP contribution in [0.25, 0.3) is 0 Å². The smallest absolute Gasteiger partial charge is 0.330 e. The van der Waals surface area contributed by atoms with E-state index in [1.165, 1.54) is 0 Å². The van der Waals surface area contributed by atoms with Crippen molar-refractivity contribution in [3.63, 3.8) is 0 Å². The third kappa shape index (κ3) is 3.37. The molecule has 1 heterocycles. The fourth-order valence-electron chi connectivity index (χ4n) is 2.05. The minimum atomic E-state index is -1.02. The largest absolute Gasteiger partial charge is 0.451 e. The van der Waals surface area contributed by atoms with Crippen molar-refractivity contribution in [3.8, 4) is 12.3 Å². The molecule has 2 rings (SSSR count). The lowest BCUT2D eigenvalue weighted by Crippen LogP contribution is -2.47. The van der Waals surface area contributed by atoms with Gasteiger partial charge in [0, 0.05) is 18.6 Å². The molecule has 0 spiro atoms. The second-order valence-electron chi connectivity index (χ2n) is 4.40. The molecule has 1 atom stereocenters. The Bertz CT molecular complexity index is 609. The van der Waals surface area contributed by atoms with Gasteiger partial charge in [-0.1, -0.05) is 36.3 Å². The molecule has 0 saturated carbocycles. The van der Waals surface area contributed by atoms with Crippen LogP contribution in [0.1, 0.15) is 5.56 Å². The Balaban J connectivity index is 2.22. The number of hydrogen-bond donors (Lipinski definition) is 0. The van der Waals surface area contributed by atoms with Gasteiger partial charge in [0.2, 0.25) is 0 Å². The number of amides is 2. The lowest BCUT2D eigenvalue weighted by molar-refractivity contribution is -0.156. The van der Waals surface area contributed by atoms with Gasteiger partial charge in [0.15, 0.2) is 6.61 Å². The van der Waals surface area contributed by atoms with Crippen molar-refractivity contribution in [1.82, 2.24) is 4.90 Å². The van der Waals surface area contributed by atoms with Crippen LogP contribution in [0.15, 0.2) is 42.5 Å². The fraction of sp³-hybridized carbons (Fsp3) is 0.188. The Morgan fingerprint density at radius 2 is 1.81 bits per heavy atom. The Morgan fingerprint density at radius 1 is 1.19 bits per heavy atom. The SMILES string of the molecule is C#CCOC(=O)[C@H](Cc1ccccc1)N1C(=O)C=CC1=O. The van der Waals surface area contributed by atoms with Gasteiger partial charge >= 0.3 is 5.97 Å². The van der Waals surface area contributed by atoms with Gasteiger partial charge in [-0.3, -0.25) is 14.5 Å². The zero-order chi connectivity index (χ0) is 15.2. The molecule has 2 amide bonds. The lowest BCUT2D eigenvalue weighted by Gasteiger charge is -2.24. The van der Waals surface area contributed by atoms with Crippen LogP contribution in [0.3, 0.4) is 0 Å². The Labute approximate surface area is 122 Å². The molecule has 5 nitrogen and oxygen atoms in total. The summed E-state index contributed by atoms with van der Waals surface area (Å²) >= 11 is 0. The third-order valence-corrected chi connectivity index (χ3v) is 3.00. The van der Waals surface area contributed by atoms with Gasteiger partial charge in [0.25, 0.3) is 11.8 Å². The highest BCUT2D eigenvalue weighted by Crippen LogP contribution is 2.15. The number of carbonyl (C=O) groups is 3. The first-order valence-corrected chi connectivity index (χ1v) is 6.32. The summed E-state index contributed by atoms with van der Waals surface area (Å²) in [7, 11) is 0. The van der Waals surface area contributed by atoms with Crippen LogP contribution >= 0.6 is 0 Å². The van der Waals surface area contributed by atoms with Crippen molar-refractivity contribution in [3.05, 3.63) is 48.0 Å². The van der Waals surface area contributed by atoms with Crippen LogP contribution in [-0.4, -0.2) is 35.3 Å². The quantitative estimate of drug-likeness (QED) is 0.453. The van der Waals surface area contributed by atoms with Gasteiger partial charge in [-0.05, 0) is 5.56 Å². The van der Waals surface area contributed by atoms with E-state index in [9.17, 15) is 14.4 Å². The van der Waals surface area contributed by atoms with E-state index >= 15 is 0 Å². The van der Waals surface area contributed by atoms with Crippen LogP contribution in [0, 0.1) is 12.3 Å². The summed E-state index contributed by atoms with van der Waals surface area (Å²) in [4.78, 5) is 36.5. The number of nitrogens with zero attached hydrogens (tertiary/aromatic N) is 1. The molecule has 0 fully saturated rings. The predicted octanol–water partition coefficient (Wildman–Crippen LogP) is 0.699. The van der Waals surface area contributed by atoms with E-state index in [0.717, 1.165) is 22.6 Å². The van der Waals surface area contributed by atoms with E-state index in [0.29, 0.717) is 0 Å². The molecule has 1 aromatic carbocycles. The van der Waals surface area contributed by atoms with Crippen molar-refractivity contribution < 1.29 is 19.1 Å². The standard InChI is InChI=1S/C16H13NO4/c1-2-10-21-16(20)13(11-12-6-4-3-5-7-12)17-14(18)8-9-15(17)19/h1,3-9,13H,10-11H2/t13-/m0/s1. The van der Waals surface area contributed by atoms with E-state index < -0.39 is 23.8 Å². The minimum Gasteiger partial charge on any atom is -0.451 e. The number of hydrogen-bond acceptors (Lipinski definition) is 4. The topological polar surface area (TPSA) is 63.7 Å². The van der Waals surface area contributed by atoms with Gasteiger partial charge in [0.05, 0.1) is 0 Å². The van der Waals surface area contributed by atoms with E-state index in [-0.39, 0.29) is 13.0 Å². The Morgan fingerprint density at radius 3 is 2.38 bits per heavy atom. The molecule has 106 valence electrons. The summed E-state index contributed by atoms with van der Waals surface area (Å²) in [5.74, 6) is 0.433. The van der Waals surface area contributed by atoms with E-state index in [2.05, 4.69) is 5.92 Å². The molecule has 1 aromatic rings. The highest BCUT2D eigenvalue weighted by atomic mass is 16.5. The highest BCUT2D eigenvalue weighted by Gasteiger charge is 2.36. The first kappa shape index (κ1) is 14.5. The molecule has 0 N–H and O–H groups in total. The van der Waals surface area contributed by atoms with Crippen LogP contribution < -0.4 is 0 Å². The molecule has 0 aromatic heterocycles. The predicted molar refractivity (Wildman–Crippen MR) is 74.7 cm³/mol. The molecule has 1 aliphatic heterocycles. The molecular formula is C16H13NO4. The Hall–Kier alpha value is -2.87. The number of ether oxygens (including phenoxy) is 1. The number of terminal acetylenes is 1. The van der Waals surface area contributed by atoms with Gasteiger partial charge in [0.1, 0.15) is 6.04 Å². The number of benzene rings is 1. The van der Waals surface area contributed by atoms with Crippen molar-refractivity contribution in [2.24, 2.45) is 0 Å². The zero-order valence-electron chi connectivity index (χ0n) is 11.2. The first-order chi connectivity index (χ1) is 10.1.